The van der Waals surface area contributed by atoms with E-state index >= 15 is 0 Å². The molecule has 0 amide bonds. The van der Waals surface area contributed by atoms with Crippen molar-refractivity contribution in [1.29, 1.82) is 0 Å². The van der Waals surface area contributed by atoms with Gasteiger partial charge in [-0.2, -0.15) is 0 Å². The number of hydrogen-bond acceptors (Lipinski definition) is 5. The van der Waals surface area contributed by atoms with Crippen molar-refractivity contribution >= 4 is 11.5 Å². The second-order valence-electron chi connectivity index (χ2n) is 3.22. The molecule has 0 aromatic carbocycles. The molecule has 2 aromatic heterocycles. The molecular formula is C10H12N4O. The first kappa shape index (κ1) is 9.51. The molecule has 5 nitrogen and oxygen atoms in total. The van der Waals surface area contributed by atoms with E-state index in [1.807, 2.05) is 19.1 Å². The third kappa shape index (κ3) is 2.25. The molecule has 2 rings (SSSR count). The maximum Gasteiger partial charge on any atom is 0.126 e. The predicted octanol–water partition coefficient (Wildman–Crippen LogP) is 1.57. The molecule has 0 aliphatic carbocycles. The summed E-state index contributed by atoms with van der Waals surface area (Å²) in [6, 6.07) is 5.47. The van der Waals surface area contributed by atoms with Crippen LogP contribution in [0.4, 0.5) is 11.5 Å². The van der Waals surface area contributed by atoms with Crippen LogP contribution < -0.4 is 11.1 Å². The van der Waals surface area contributed by atoms with Gasteiger partial charge in [0.1, 0.15) is 17.8 Å². The Bertz CT molecular complexity index is 439. The molecule has 0 saturated heterocycles. The Kier molecular flexibility index (Phi) is 2.53. The molecule has 2 aromatic rings. The van der Waals surface area contributed by atoms with Crippen LogP contribution in [0.25, 0.3) is 0 Å². The molecule has 78 valence electrons. The number of rotatable bonds is 3. The lowest BCUT2D eigenvalue weighted by Gasteiger charge is -2.05. The molecule has 3 N–H and O–H groups in total. The van der Waals surface area contributed by atoms with Crippen LogP contribution in [0.1, 0.15) is 11.4 Å². The minimum atomic E-state index is 0.590. The molecule has 0 saturated carbocycles. The molecular weight excluding hydrogens is 192 g/mol. The van der Waals surface area contributed by atoms with E-state index in [1.165, 1.54) is 0 Å². The Morgan fingerprint density at radius 3 is 2.93 bits per heavy atom. The SMILES string of the molecule is Cc1nc(NCc2ccon2)ccc1N. The summed E-state index contributed by atoms with van der Waals surface area (Å²) in [5.74, 6) is 0.782. The summed E-state index contributed by atoms with van der Waals surface area (Å²) in [4.78, 5) is 4.28. The Morgan fingerprint density at radius 1 is 1.40 bits per heavy atom. The number of nitrogens with one attached hydrogen (secondary N) is 1. The summed E-state index contributed by atoms with van der Waals surface area (Å²) in [5.41, 5.74) is 8.02. The molecule has 0 bridgehead atoms. The highest BCUT2D eigenvalue weighted by molar-refractivity contribution is 5.49. The molecule has 2 heterocycles. The van der Waals surface area contributed by atoms with Crippen molar-refractivity contribution in [2.45, 2.75) is 13.5 Å². The Balaban J connectivity index is 2.02. The van der Waals surface area contributed by atoms with E-state index in [0.29, 0.717) is 12.2 Å². The quantitative estimate of drug-likeness (QED) is 0.793. The standard InChI is InChI=1S/C10H12N4O/c1-7-9(11)2-3-10(13-7)12-6-8-4-5-15-14-8/h2-5H,6,11H2,1H3,(H,12,13). The predicted molar refractivity (Wildman–Crippen MR) is 57.2 cm³/mol. The van der Waals surface area contributed by atoms with Crippen molar-refractivity contribution in [2.75, 3.05) is 11.1 Å². The number of aryl methyl sites for hydroxylation is 1. The van der Waals surface area contributed by atoms with E-state index in [1.54, 1.807) is 12.3 Å². The van der Waals surface area contributed by atoms with Gasteiger partial charge < -0.3 is 15.6 Å². The molecule has 5 heteroatoms. The number of nitrogen functional groups attached to an aromatic ring is 1. The van der Waals surface area contributed by atoms with Gasteiger partial charge in [-0.25, -0.2) is 4.98 Å². The summed E-state index contributed by atoms with van der Waals surface area (Å²) in [6.07, 6.45) is 1.54. The number of pyridine rings is 1. The van der Waals surface area contributed by atoms with Gasteiger partial charge in [0.25, 0.3) is 0 Å². The normalized spacial score (nSPS) is 10.2. The van der Waals surface area contributed by atoms with E-state index in [9.17, 15) is 0 Å². The van der Waals surface area contributed by atoms with Crippen LogP contribution in [0.15, 0.2) is 29.0 Å². The van der Waals surface area contributed by atoms with E-state index < -0.39 is 0 Å². The fourth-order valence-corrected chi connectivity index (χ4v) is 1.18. The minimum absolute atomic E-state index is 0.590. The van der Waals surface area contributed by atoms with Crippen molar-refractivity contribution in [3.05, 3.63) is 35.9 Å². The number of aromatic nitrogens is 2. The van der Waals surface area contributed by atoms with Crippen LogP contribution in [-0.2, 0) is 6.54 Å². The van der Waals surface area contributed by atoms with Crippen LogP contribution >= 0.6 is 0 Å². The lowest BCUT2D eigenvalue weighted by Crippen LogP contribution is -2.03. The van der Waals surface area contributed by atoms with Gasteiger partial charge in [0.2, 0.25) is 0 Å². The second kappa shape index (κ2) is 4.00. The minimum Gasteiger partial charge on any atom is -0.397 e. The van der Waals surface area contributed by atoms with Crippen molar-refractivity contribution in [2.24, 2.45) is 0 Å². The summed E-state index contributed by atoms with van der Waals surface area (Å²) >= 11 is 0. The van der Waals surface area contributed by atoms with Crippen molar-refractivity contribution in [3.63, 3.8) is 0 Å². The highest BCUT2D eigenvalue weighted by Crippen LogP contribution is 2.12. The first-order chi connectivity index (χ1) is 7.25. The van der Waals surface area contributed by atoms with Gasteiger partial charge in [-0.1, -0.05) is 5.16 Å². The highest BCUT2D eigenvalue weighted by atomic mass is 16.5. The number of hydrogen-bond donors (Lipinski definition) is 2. The zero-order valence-electron chi connectivity index (χ0n) is 8.40. The fraction of sp³-hybridized carbons (Fsp3) is 0.200. The van der Waals surface area contributed by atoms with Gasteiger partial charge in [-0.15, -0.1) is 0 Å². The van der Waals surface area contributed by atoms with E-state index in [2.05, 4.69) is 15.5 Å². The lowest BCUT2D eigenvalue weighted by molar-refractivity contribution is 0.412. The molecule has 0 fully saturated rings. The molecule has 0 radical (unpaired) electrons. The zero-order chi connectivity index (χ0) is 10.7. The van der Waals surface area contributed by atoms with Gasteiger partial charge in [0, 0.05) is 6.07 Å². The summed E-state index contributed by atoms with van der Waals surface area (Å²) < 4.78 is 4.72. The Labute approximate surface area is 87.3 Å². The summed E-state index contributed by atoms with van der Waals surface area (Å²) in [6.45, 7) is 2.46. The van der Waals surface area contributed by atoms with Crippen LogP contribution in [0.5, 0.6) is 0 Å². The number of nitrogens with zero attached hydrogens (tertiary/aromatic N) is 2. The van der Waals surface area contributed by atoms with Gasteiger partial charge in [0.15, 0.2) is 0 Å². The molecule has 0 atom stereocenters. The average molecular weight is 204 g/mol. The Morgan fingerprint density at radius 2 is 2.27 bits per heavy atom. The lowest BCUT2D eigenvalue weighted by atomic mass is 10.3. The summed E-state index contributed by atoms with van der Waals surface area (Å²) in [7, 11) is 0. The van der Waals surface area contributed by atoms with Gasteiger partial charge >= 0.3 is 0 Å². The van der Waals surface area contributed by atoms with Crippen LogP contribution in [0.3, 0.4) is 0 Å². The van der Waals surface area contributed by atoms with E-state index in [4.69, 9.17) is 10.3 Å². The van der Waals surface area contributed by atoms with E-state index in [-0.39, 0.29) is 0 Å². The average Bonchev–Trinajstić information content (AvgIpc) is 2.73. The number of anilines is 2. The first-order valence-electron chi connectivity index (χ1n) is 4.62. The zero-order valence-corrected chi connectivity index (χ0v) is 8.40. The maximum absolute atomic E-state index is 5.66. The van der Waals surface area contributed by atoms with Crippen molar-refractivity contribution in [3.8, 4) is 0 Å². The number of nitrogens with two attached hydrogens (primary N) is 1. The van der Waals surface area contributed by atoms with Crippen LogP contribution in [0, 0.1) is 6.92 Å². The third-order valence-corrected chi connectivity index (χ3v) is 2.07. The topological polar surface area (TPSA) is 77.0 Å². The smallest absolute Gasteiger partial charge is 0.126 e. The highest BCUT2D eigenvalue weighted by Gasteiger charge is 1.99. The third-order valence-electron chi connectivity index (χ3n) is 2.07. The molecule has 15 heavy (non-hydrogen) atoms. The molecule has 0 spiro atoms. The van der Waals surface area contributed by atoms with Gasteiger partial charge in [-0.05, 0) is 19.1 Å². The Hall–Kier alpha value is -2.04. The maximum atomic E-state index is 5.66. The molecule has 0 unspecified atom stereocenters. The van der Waals surface area contributed by atoms with Gasteiger partial charge in [0.05, 0.1) is 17.9 Å². The fourth-order valence-electron chi connectivity index (χ4n) is 1.18. The molecule has 0 aliphatic rings. The van der Waals surface area contributed by atoms with E-state index in [0.717, 1.165) is 17.2 Å². The second-order valence-corrected chi connectivity index (χ2v) is 3.22. The largest absolute Gasteiger partial charge is 0.397 e. The first-order valence-corrected chi connectivity index (χ1v) is 4.62. The van der Waals surface area contributed by atoms with Gasteiger partial charge in [-0.3, -0.25) is 0 Å². The monoisotopic (exact) mass is 204 g/mol. The van der Waals surface area contributed by atoms with Crippen LogP contribution in [-0.4, -0.2) is 10.1 Å². The van der Waals surface area contributed by atoms with Crippen molar-refractivity contribution in [1.82, 2.24) is 10.1 Å². The molecule has 0 aliphatic heterocycles. The summed E-state index contributed by atoms with van der Waals surface area (Å²) in [5, 5.41) is 6.91. The van der Waals surface area contributed by atoms with Crippen LogP contribution in [0.2, 0.25) is 0 Å². The van der Waals surface area contributed by atoms with Crippen molar-refractivity contribution < 1.29 is 4.52 Å².